The maximum atomic E-state index is 12.2. The summed E-state index contributed by atoms with van der Waals surface area (Å²) in [6, 6.07) is 2.90. The zero-order valence-corrected chi connectivity index (χ0v) is 14.4. The van der Waals surface area contributed by atoms with Crippen molar-refractivity contribution in [1.29, 1.82) is 0 Å². The lowest BCUT2D eigenvalue weighted by atomic mass is 10.3. The molecule has 19 heavy (non-hydrogen) atoms. The quantitative estimate of drug-likeness (QED) is 0.754. The van der Waals surface area contributed by atoms with Crippen molar-refractivity contribution in [2.24, 2.45) is 0 Å². The highest BCUT2D eigenvalue weighted by atomic mass is 79.9. The van der Waals surface area contributed by atoms with E-state index in [9.17, 15) is 8.42 Å². The molecule has 1 aliphatic heterocycles. The Hall–Kier alpha value is 0.440. The smallest absolute Gasteiger partial charge is 0.242 e. The first-order chi connectivity index (χ1) is 8.42. The fourth-order valence-electron chi connectivity index (χ4n) is 1.75. The fraction of sp³-hybridized carbons (Fsp3) is 0.400. The zero-order chi connectivity index (χ0) is 13.3. The minimum atomic E-state index is -3.64. The normalized spacial score (nSPS) is 19.2. The highest BCUT2D eigenvalue weighted by Crippen LogP contribution is 2.35. The number of benzene rings is 1. The van der Waals surface area contributed by atoms with Crippen molar-refractivity contribution in [3.05, 3.63) is 26.7 Å². The molecule has 0 radical (unpaired) electrons. The van der Waals surface area contributed by atoms with Gasteiger partial charge in [-0.3, -0.25) is 0 Å². The standard InChI is InChI=1S/C10H11BrCl2N2O2S.ClH/c11-7-1-2-8(10(13)9(7)12)18(16,17)15-6-3-4-14-5-6;/h1-2,6,14-15H,3-5H2;1H. The molecule has 2 N–H and O–H groups in total. The lowest BCUT2D eigenvalue weighted by Gasteiger charge is -2.13. The van der Waals surface area contributed by atoms with Crippen molar-refractivity contribution in [3.63, 3.8) is 0 Å². The summed E-state index contributed by atoms with van der Waals surface area (Å²) in [5, 5.41) is 3.32. The maximum Gasteiger partial charge on any atom is 0.242 e. The van der Waals surface area contributed by atoms with Crippen molar-refractivity contribution >= 4 is 61.6 Å². The van der Waals surface area contributed by atoms with Crippen LogP contribution in [0.3, 0.4) is 0 Å². The second kappa shape index (κ2) is 6.93. The average molecular weight is 411 g/mol. The molecule has 1 unspecified atom stereocenters. The molecule has 9 heteroatoms. The van der Waals surface area contributed by atoms with E-state index in [2.05, 4.69) is 26.0 Å². The average Bonchev–Trinajstić information content (AvgIpc) is 2.77. The number of halogens is 4. The van der Waals surface area contributed by atoms with Gasteiger partial charge in [-0.1, -0.05) is 23.2 Å². The summed E-state index contributed by atoms with van der Waals surface area (Å²) in [5.41, 5.74) is 0. The summed E-state index contributed by atoms with van der Waals surface area (Å²) >= 11 is 15.1. The molecule has 0 aromatic heterocycles. The second-order valence-corrected chi connectivity index (χ2v) is 7.28. The summed E-state index contributed by atoms with van der Waals surface area (Å²) in [7, 11) is -3.64. The van der Waals surface area contributed by atoms with Gasteiger partial charge in [-0.25, -0.2) is 13.1 Å². The number of sulfonamides is 1. The van der Waals surface area contributed by atoms with Gasteiger partial charge in [0.05, 0.1) is 10.0 Å². The Labute approximate surface area is 136 Å². The first kappa shape index (κ1) is 17.5. The van der Waals surface area contributed by atoms with E-state index in [-0.39, 0.29) is 33.4 Å². The molecule has 0 spiro atoms. The molecular formula is C10H12BrCl3N2O2S. The topological polar surface area (TPSA) is 58.2 Å². The lowest BCUT2D eigenvalue weighted by Crippen LogP contribution is -2.36. The van der Waals surface area contributed by atoms with Gasteiger partial charge in [0.15, 0.2) is 0 Å². The largest absolute Gasteiger partial charge is 0.315 e. The molecule has 1 heterocycles. The van der Waals surface area contributed by atoms with E-state index in [4.69, 9.17) is 23.2 Å². The van der Waals surface area contributed by atoms with Crippen LogP contribution in [0.15, 0.2) is 21.5 Å². The Morgan fingerprint density at radius 3 is 2.58 bits per heavy atom. The van der Waals surface area contributed by atoms with Gasteiger partial charge < -0.3 is 5.32 Å². The van der Waals surface area contributed by atoms with Crippen LogP contribution in [0, 0.1) is 0 Å². The zero-order valence-electron chi connectivity index (χ0n) is 9.62. The van der Waals surface area contributed by atoms with Crippen LogP contribution in [0.4, 0.5) is 0 Å². The maximum absolute atomic E-state index is 12.2. The van der Waals surface area contributed by atoms with E-state index in [1.807, 2.05) is 0 Å². The molecular weight excluding hydrogens is 398 g/mol. The molecule has 1 atom stereocenters. The SMILES string of the molecule is Cl.O=S(=O)(NC1CCNC1)c1ccc(Br)c(Cl)c1Cl. The predicted molar refractivity (Wildman–Crippen MR) is 83.0 cm³/mol. The Kier molecular flexibility index (Phi) is 6.38. The lowest BCUT2D eigenvalue weighted by molar-refractivity contribution is 0.560. The van der Waals surface area contributed by atoms with Gasteiger partial charge in [-0.2, -0.15) is 0 Å². The predicted octanol–water partition coefficient (Wildman–Crippen LogP) is 2.82. The van der Waals surface area contributed by atoms with Crippen LogP contribution in [0.25, 0.3) is 0 Å². The molecule has 1 aliphatic rings. The monoisotopic (exact) mass is 408 g/mol. The highest BCUT2D eigenvalue weighted by Gasteiger charge is 2.25. The minimum Gasteiger partial charge on any atom is -0.315 e. The van der Waals surface area contributed by atoms with Crippen LogP contribution in [-0.2, 0) is 10.0 Å². The summed E-state index contributed by atoms with van der Waals surface area (Å²) in [5.74, 6) is 0. The molecule has 1 aromatic rings. The molecule has 0 aliphatic carbocycles. The number of hydrogen-bond donors (Lipinski definition) is 2. The van der Waals surface area contributed by atoms with Gasteiger partial charge in [0, 0.05) is 17.1 Å². The molecule has 0 bridgehead atoms. The number of nitrogens with one attached hydrogen (secondary N) is 2. The highest BCUT2D eigenvalue weighted by molar-refractivity contribution is 9.10. The Morgan fingerprint density at radius 1 is 1.32 bits per heavy atom. The summed E-state index contributed by atoms with van der Waals surface area (Å²) in [4.78, 5) is 0.00395. The summed E-state index contributed by atoms with van der Waals surface area (Å²) < 4.78 is 27.5. The van der Waals surface area contributed by atoms with Gasteiger partial charge in [-0.15, -0.1) is 12.4 Å². The van der Waals surface area contributed by atoms with Crippen molar-refractivity contribution in [1.82, 2.24) is 10.0 Å². The van der Waals surface area contributed by atoms with Gasteiger partial charge in [-0.05, 0) is 41.0 Å². The van der Waals surface area contributed by atoms with Crippen molar-refractivity contribution in [2.45, 2.75) is 17.4 Å². The minimum absolute atomic E-state index is 0. The molecule has 0 saturated carbocycles. The van der Waals surface area contributed by atoms with Crippen LogP contribution in [0.1, 0.15) is 6.42 Å². The number of rotatable bonds is 3. The molecule has 1 aromatic carbocycles. The van der Waals surface area contributed by atoms with Gasteiger partial charge >= 0.3 is 0 Å². The van der Waals surface area contributed by atoms with Crippen molar-refractivity contribution in [2.75, 3.05) is 13.1 Å². The van der Waals surface area contributed by atoms with E-state index < -0.39 is 10.0 Å². The van der Waals surface area contributed by atoms with Crippen molar-refractivity contribution in [3.8, 4) is 0 Å². The first-order valence-corrected chi connectivity index (χ1v) is 8.31. The van der Waals surface area contributed by atoms with Gasteiger partial charge in [0.2, 0.25) is 10.0 Å². The second-order valence-electron chi connectivity index (χ2n) is 3.98. The third-order valence-corrected chi connectivity index (χ3v) is 6.12. The van der Waals surface area contributed by atoms with E-state index >= 15 is 0 Å². The summed E-state index contributed by atoms with van der Waals surface area (Å²) in [6.45, 7) is 1.43. The van der Waals surface area contributed by atoms with Crippen LogP contribution < -0.4 is 10.0 Å². The van der Waals surface area contributed by atoms with E-state index in [0.29, 0.717) is 11.0 Å². The van der Waals surface area contributed by atoms with Gasteiger partial charge in [0.25, 0.3) is 0 Å². The molecule has 1 fully saturated rings. The fourth-order valence-corrected chi connectivity index (χ4v) is 4.24. The molecule has 2 rings (SSSR count). The molecule has 0 amide bonds. The van der Waals surface area contributed by atoms with Crippen LogP contribution in [0.2, 0.25) is 10.0 Å². The Morgan fingerprint density at radius 2 is 2.00 bits per heavy atom. The Bertz CT molecular complexity index is 562. The molecule has 1 saturated heterocycles. The third kappa shape index (κ3) is 3.97. The number of hydrogen-bond acceptors (Lipinski definition) is 3. The van der Waals surface area contributed by atoms with Crippen LogP contribution in [-0.4, -0.2) is 27.5 Å². The van der Waals surface area contributed by atoms with E-state index in [0.717, 1.165) is 13.0 Å². The first-order valence-electron chi connectivity index (χ1n) is 5.28. The third-order valence-electron chi connectivity index (χ3n) is 2.67. The Balaban J connectivity index is 0.00000180. The van der Waals surface area contributed by atoms with Crippen LogP contribution >= 0.6 is 51.5 Å². The van der Waals surface area contributed by atoms with E-state index in [1.165, 1.54) is 6.07 Å². The van der Waals surface area contributed by atoms with Crippen molar-refractivity contribution < 1.29 is 8.42 Å². The summed E-state index contributed by atoms with van der Waals surface area (Å²) in [6.07, 6.45) is 0.765. The molecule has 4 nitrogen and oxygen atoms in total. The van der Waals surface area contributed by atoms with Gasteiger partial charge in [0.1, 0.15) is 4.90 Å². The van der Waals surface area contributed by atoms with Crippen LogP contribution in [0.5, 0.6) is 0 Å². The molecule has 108 valence electrons. The van der Waals surface area contributed by atoms with E-state index in [1.54, 1.807) is 6.07 Å².